The third-order valence-corrected chi connectivity index (χ3v) is 4.10. The Morgan fingerprint density at radius 1 is 1.26 bits per heavy atom. The normalized spacial score (nSPS) is 13.7. The molecule has 120 valence electrons. The molecule has 1 heterocycles. The third-order valence-electron chi connectivity index (χ3n) is 4.10. The molecule has 0 saturated heterocycles. The second kappa shape index (κ2) is 6.34. The fourth-order valence-corrected chi connectivity index (χ4v) is 2.99. The van der Waals surface area contributed by atoms with E-state index in [2.05, 4.69) is 4.90 Å². The summed E-state index contributed by atoms with van der Waals surface area (Å²) in [6, 6.07) is 9.68. The minimum Gasteiger partial charge on any atom is -0.380 e. The number of rotatable bonds is 4. The number of benzene rings is 2. The van der Waals surface area contributed by atoms with Gasteiger partial charge in [0.2, 0.25) is 0 Å². The number of nitro groups is 1. The van der Waals surface area contributed by atoms with Gasteiger partial charge in [0.05, 0.1) is 11.5 Å². The van der Waals surface area contributed by atoms with E-state index in [1.807, 2.05) is 0 Å². The lowest BCUT2D eigenvalue weighted by molar-refractivity contribution is -0.384. The Bertz CT molecular complexity index is 749. The molecule has 23 heavy (non-hydrogen) atoms. The summed E-state index contributed by atoms with van der Waals surface area (Å²) in [6.07, 6.45) is 0.747. The van der Waals surface area contributed by atoms with Crippen molar-refractivity contribution < 1.29 is 14.1 Å². The number of fused-ring (bicyclic) bond motifs is 1. The summed E-state index contributed by atoms with van der Waals surface area (Å²) >= 11 is 0. The highest BCUT2D eigenvalue weighted by atomic mass is 19.1. The van der Waals surface area contributed by atoms with Crippen molar-refractivity contribution in [3.63, 3.8) is 0 Å². The molecule has 1 aliphatic rings. The summed E-state index contributed by atoms with van der Waals surface area (Å²) in [5, 5.41) is 11.0. The van der Waals surface area contributed by atoms with Gasteiger partial charge in [-0.15, -0.1) is 0 Å². The maximum atomic E-state index is 13.3. The lowest BCUT2D eigenvalue weighted by Gasteiger charge is -2.32. The van der Waals surface area contributed by atoms with Crippen molar-refractivity contribution in [1.29, 1.82) is 0 Å². The summed E-state index contributed by atoms with van der Waals surface area (Å²) in [5.74, 6) is -0.215. The quantitative estimate of drug-likeness (QED) is 0.640. The van der Waals surface area contributed by atoms with Crippen LogP contribution >= 0.6 is 0 Å². The molecule has 0 bridgehead atoms. The van der Waals surface area contributed by atoms with E-state index in [1.54, 1.807) is 31.4 Å². The van der Waals surface area contributed by atoms with Gasteiger partial charge < -0.3 is 9.64 Å². The topological polar surface area (TPSA) is 55.6 Å². The van der Waals surface area contributed by atoms with E-state index in [0.29, 0.717) is 13.2 Å². The molecular formula is C17H17FN2O3. The van der Waals surface area contributed by atoms with Crippen molar-refractivity contribution in [2.75, 3.05) is 18.6 Å². The molecule has 0 radical (unpaired) electrons. The molecule has 0 unspecified atom stereocenters. The van der Waals surface area contributed by atoms with Crippen molar-refractivity contribution in [3.8, 4) is 0 Å². The van der Waals surface area contributed by atoms with E-state index in [9.17, 15) is 14.5 Å². The number of hydrogen-bond donors (Lipinski definition) is 0. The van der Waals surface area contributed by atoms with Crippen molar-refractivity contribution in [3.05, 3.63) is 69.0 Å². The largest absolute Gasteiger partial charge is 0.380 e. The van der Waals surface area contributed by atoms with Crippen LogP contribution in [0.25, 0.3) is 0 Å². The molecule has 0 amide bonds. The molecule has 3 rings (SSSR count). The third kappa shape index (κ3) is 3.17. The van der Waals surface area contributed by atoms with E-state index in [0.717, 1.165) is 35.3 Å². The highest BCUT2D eigenvalue weighted by Gasteiger charge is 2.20. The summed E-state index contributed by atoms with van der Waals surface area (Å²) < 4.78 is 18.5. The van der Waals surface area contributed by atoms with E-state index >= 15 is 0 Å². The average Bonchev–Trinajstić information content (AvgIpc) is 2.54. The first-order valence-corrected chi connectivity index (χ1v) is 7.37. The van der Waals surface area contributed by atoms with Gasteiger partial charge in [-0.2, -0.15) is 0 Å². The molecule has 0 fully saturated rings. The Balaban J connectivity index is 1.92. The number of methoxy groups -OCH3 is 1. The SMILES string of the molecule is COCc1cc([N+](=O)[O-])ccc1N1CCc2cc(F)ccc2C1. The number of nitro benzene ring substituents is 1. The highest BCUT2D eigenvalue weighted by molar-refractivity contribution is 5.59. The zero-order chi connectivity index (χ0) is 16.4. The van der Waals surface area contributed by atoms with Gasteiger partial charge in [-0.25, -0.2) is 4.39 Å². The lowest BCUT2D eigenvalue weighted by atomic mass is 9.98. The molecular weight excluding hydrogens is 299 g/mol. The van der Waals surface area contributed by atoms with Gasteiger partial charge in [0.15, 0.2) is 0 Å². The summed E-state index contributed by atoms with van der Waals surface area (Å²) in [5.41, 5.74) is 3.87. The molecule has 0 aliphatic carbocycles. The molecule has 0 saturated carbocycles. The van der Waals surface area contributed by atoms with Crippen LogP contribution in [0.15, 0.2) is 36.4 Å². The van der Waals surface area contributed by atoms with Gasteiger partial charge in [0, 0.05) is 43.6 Å². The molecule has 6 heteroatoms. The number of ether oxygens (including phenoxy) is 1. The van der Waals surface area contributed by atoms with Crippen molar-refractivity contribution in [2.45, 2.75) is 19.6 Å². The van der Waals surface area contributed by atoms with Crippen LogP contribution in [-0.4, -0.2) is 18.6 Å². The van der Waals surface area contributed by atoms with Crippen LogP contribution in [0.1, 0.15) is 16.7 Å². The Morgan fingerprint density at radius 3 is 2.83 bits per heavy atom. The fraction of sp³-hybridized carbons (Fsp3) is 0.294. The summed E-state index contributed by atoms with van der Waals surface area (Å²) in [7, 11) is 1.57. The van der Waals surface area contributed by atoms with Crippen LogP contribution in [0.5, 0.6) is 0 Å². The first-order valence-electron chi connectivity index (χ1n) is 7.37. The second-order valence-corrected chi connectivity index (χ2v) is 5.59. The number of non-ortho nitro benzene ring substituents is 1. The van der Waals surface area contributed by atoms with Crippen LogP contribution in [0.2, 0.25) is 0 Å². The molecule has 2 aromatic rings. The van der Waals surface area contributed by atoms with Crippen LogP contribution in [-0.2, 0) is 24.3 Å². The van der Waals surface area contributed by atoms with Crippen LogP contribution in [0, 0.1) is 15.9 Å². The van der Waals surface area contributed by atoms with Gasteiger partial charge in [0.1, 0.15) is 5.82 Å². The van der Waals surface area contributed by atoms with Gasteiger partial charge >= 0.3 is 0 Å². The maximum absolute atomic E-state index is 13.3. The first-order chi connectivity index (χ1) is 11.1. The van der Waals surface area contributed by atoms with Crippen molar-refractivity contribution >= 4 is 11.4 Å². The van der Waals surface area contributed by atoms with E-state index < -0.39 is 4.92 Å². The Kier molecular flexibility index (Phi) is 4.25. The van der Waals surface area contributed by atoms with Crippen molar-refractivity contribution in [1.82, 2.24) is 0 Å². The monoisotopic (exact) mass is 316 g/mol. The van der Waals surface area contributed by atoms with E-state index in [1.165, 1.54) is 12.1 Å². The molecule has 5 nitrogen and oxygen atoms in total. The standard InChI is InChI=1S/C17H17FN2O3/c1-23-11-14-9-16(20(21)22)4-5-17(14)19-7-6-12-8-15(18)3-2-13(12)10-19/h2-5,8-9H,6-7,10-11H2,1H3. The van der Waals surface area contributed by atoms with Gasteiger partial charge in [-0.1, -0.05) is 6.07 Å². The van der Waals surface area contributed by atoms with Gasteiger partial charge in [0.25, 0.3) is 5.69 Å². The molecule has 1 aliphatic heterocycles. The minimum atomic E-state index is -0.406. The van der Waals surface area contributed by atoms with Crippen molar-refractivity contribution in [2.24, 2.45) is 0 Å². The number of nitrogens with zero attached hydrogens (tertiary/aromatic N) is 2. The number of hydrogen-bond acceptors (Lipinski definition) is 4. The van der Waals surface area contributed by atoms with Gasteiger partial charge in [-0.05, 0) is 35.7 Å². The molecule has 0 spiro atoms. The Hall–Kier alpha value is -2.47. The lowest BCUT2D eigenvalue weighted by Crippen LogP contribution is -2.31. The molecule has 0 aromatic heterocycles. The maximum Gasteiger partial charge on any atom is 0.269 e. The Morgan fingerprint density at radius 2 is 2.09 bits per heavy atom. The molecule has 0 atom stereocenters. The predicted molar refractivity (Wildman–Crippen MR) is 85.0 cm³/mol. The predicted octanol–water partition coefficient (Wildman–Crippen LogP) is 3.44. The fourth-order valence-electron chi connectivity index (χ4n) is 2.99. The Labute approximate surface area is 133 Å². The first kappa shape index (κ1) is 15.4. The van der Waals surface area contributed by atoms with Crippen LogP contribution < -0.4 is 4.90 Å². The van der Waals surface area contributed by atoms with E-state index in [-0.39, 0.29) is 11.5 Å². The van der Waals surface area contributed by atoms with Crippen LogP contribution in [0.4, 0.5) is 15.8 Å². The molecule has 2 aromatic carbocycles. The van der Waals surface area contributed by atoms with Crippen LogP contribution in [0.3, 0.4) is 0 Å². The zero-order valence-electron chi connectivity index (χ0n) is 12.8. The van der Waals surface area contributed by atoms with Gasteiger partial charge in [-0.3, -0.25) is 10.1 Å². The second-order valence-electron chi connectivity index (χ2n) is 5.59. The molecule has 0 N–H and O–H groups in total. The number of halogens is 1. The average molecular weight is 316 g/mol. The summed E-state index contributed by atoms with van der Waals surface area (Å²) in [4.78, 5) is 12.7. The minimum absolute atomic E-state index is 0.0558. The summed E-state index contributed by atoms with van der Waals surface area (Å²) in [6.45, 7) is 1.71. The highest BCUT2D eigenvalue weighted by Crippen LogP contribution is 2.30. The zero-order valence-corrected chi connectivity index (χ0v) is 12.8. The number of anilines is 1. The van der Waals surface area contributed by atoms with E-state index in [4.69, 9.17) is 4.74 Å². The smallest absolute Gasteiger partial charge is 0.269 e.